The third-order valence-corrected chi connectivity index (χ3v) is 1.94. The number of aliphatic hydroxyl groups is 1. The van der Waals surface area contributed by atoms with Gasteiger partial charge in [-0.25, -0.2) is 0 Å². The Morgan fingerprint density at radius 3 is 2.67 bits per heavy atom. The quantitative estimate of drug-likeness (QED) is 0.582. The second-order valence-corrected chi connectivity index (χ2v) is 3.15. The van der Waals surface area contributed by atoms with Gasteiger partial charge in [0.15, 0.2) is 0 Å². The summed E-state index contributed by atoms with van der Waals surface area (Å²) in [5.74, 6) is 3.17. The number of hydrogen-bond donors (Lipinski definition) is 2. The number of aliphatic hydroxyl groups excluding tert-OH is 1. The van der Waals surface area contributed by atoms with Gasteiger partial charge < -0.3 is 10.4 Å². The second kappa shape index (κ2) is 7.15. The topological polar surface area (TPSA) is 32.3 Å². The first-order valence-corrected chi connectivity index (χ1v) is 4.55. The van der Waals surface area contributed by atoms with E-state index in [-0.39, 0.29) is 12.6 Å². The van der Waals surface area contributed by atoms with Crippen LogP contribution in [0.1, 0.15) is 26.7 Å². The van der Waals surface area contributed by atoms with Gasteiger partial charge in [-0.2, -0.15) is 0 Å². The lowest BCUT2D eigenvalue weighted by Crippen LogP contribution is -2.31. The predicted octanol–water partition coefficient (Wildman–Crippen LogP) is 1.01. The molecule has 2 heteroatoms. The van der Waals surface area contributed by atoms with Crippen LogP contribution in [0.4, 0.5) is 0 Å². The van der Waals surface area contributed by atoms with Crippen LogP contribution in [0.3, 0.4) is 0 Å². The van der Waals surface area contributed by atoms with E-state index in [1.807, 2.05) is 0 Å². The van der Waals surface area contributed by atoms with Gasteiger partial charge in [0.1, 0.15) is 0 Å². The van der Waals surface area contributed by atoms with Gasteiger partial charge >= 0.3 is 0 Å². The van der Waals surface area contributed by atoms with Gasteiger partial charge in [0.05, 0.1) is 6.04 Å². The fraction of sp³-hybridized carbons (Fsp3) is 0.800. The van der Waals surface area contributed by atoms with Gasteiger partial charge in [0.2, 0.25) is 0 Å². The molecule has 0 saturated heterocycles. The Kier molecular flexibility index (Phi) is 6.84. The molecule has 0 rings (SSSR count). The first-order valence-electron chi connectivity index (χ1n) is 4.55. The first-order chi connectivity index (χ1) is 5.74. The summed E-state index contributed by atoms with van der Waals surface area (Å²) in [6.45, 7) is 5.32. The molecule has 2 nitrogen and oxygen atoms in total. The third-order valence-electron chi connectivity index (χ3n) is 1.94. The SMILES string of the molecule is C#CC(CC)NCC(C)CCO. The molecule has 2 unspecified atom stereocenters. The van der Waals surface area contributed by atoms with Crippen molar-refractivity contribution in [2.75, 3.05) is 13.2 Å². The highest BCUT2D eigenvalue weighted by atomic mass is 16.3. The van der Waals surface area contributed by atoms with Crippen LogP contribution in [-0.2, 0) is 0 Å². The summed E-state index contributed by atoms with van der Waals surface area (Å²) in [5.41, 5.74) is 0. The molecule has 0 aromatic carbocycles. The molecule has 0 fully saturated rings. The van der Waals surface area contributed by atoms with E-state index < -0.39 is 0 Å². The van der Waals surface area contributed by atoms with Crippen molar-refractivity contribution in [2.45, 2.75) is 32.7 Å². The van der Waals surface area contributed by atoms with Crippen molar-refractivity contribution in [3.8, 4) is 12.3 Å². The highest BCUT2D eigenvalue weighted by Crippen LogP contribution is 1.99. The Labute approximate surface area is 75.4 Å². The Bertz CT molecular complexity index is 139. The van der Waals surface area contributed by atoms with Crippen LogP contribution in [0.25, 0.3) is 0 Å². The molecule has 0 saturated carbocycles. The Balaban J connectivity index is 3.46. The summed E-state index contributed by atoms with van der Waals surface area (Å²) in [4.78, 5) is 0. The minimum atomic E-state index is 0.186. The number of hydrogen-bond acceptors (Lipinski definition) is 2. The Morgan fingerprint density at radius 2 is 2.25 bits per heavy atom. The molecule has 2 atom stereocenters. The van der Waals surface area contributed by atoms with Crippen LogP contribution in [0.15, 0.2) is 0 Å². The molecule has 12 heavy (non-hydrogen) atoms. The third kappa shape index (κ3) is 5.17. The van der Waals surface area contributed by atoms with Crippen molar-refractivity contribution in [3.05, 3.63) is 0 Å². The molecule has 0 amide bonds. The van der Waals surface area contributed by atoms with Gasteiger partial charge in [-0.15, -0.1) is 6.42 Å². The average molecular weight is 169 g/mol. The normalized spacial score (nSPS) is 15.2. The highest BCUT2D eigenvalue weighted by Gasteiger charge is 2.04. The molecule has 0 aromatic heterocycles. The van der Waals surface area contributed by atoms with Crippen molar-refractivity contribution in [1.82, 2.24) is 5.32 Å². The minimum Gasteiger partial charge on any atom is -0.396 e. The molecule has 70 valence electrons. The van der Waals surface area contributed by atoms with E-state index >= 15 is 0 Å². The molecule has 0 radical (unpaired) electrons. The molecular weight excluding hydrogens is 150 g/mol. The van der Waals surface area contributed by atoms with Crippen LogP contribution in [-0.4, -0.2) is 24.3 Å². The van der Waals surface area contributed by atoms with Crippen molar-refractivity contribution in [1.29, 1.82) is 0 Å². The molecular formula is C10H19NO. The smallest absolute Gasteiger partial charge is 0.0684 e. The van der Waals surface area contributed by atoms with Crippen molar-refractivity contribution in [2.24, 2.45) is 5.92 Å². The number of terminal acetylenes is 1. The minimum absolute atomic E-state index is 0.186. The highest BCUT2D eigenvalue weighted by molar-refractivity contribution is 4.97. The zero-order valence-electron chi connectivity index (χ0n) is 8.01. The molecule has 0 bridgehead atoms. The van der Waals surface area contributed by atoms with E-state index in [2.05, 4.69) is 25.1 Å². The van der Waals surface area contributed by atoms with Gasteiger partial charge in [0, 0.05) is 6.61 Å². The lowest BCUT2D eigenvalue weighted by atomic mass is 10.1. The number of rotatable bonds is 6. The van der Waals surface area contributed by atoms with Crippen LogP contribution in [0, 0.1) is 18.3 Å². The largest absolute Gasteiger partial charge is 0.396 e. The predicted molar refractivity (Wildman–Crippen MR) is 51.8 cm³/mol. The van der Waals surface area contributed by atoms with E-state index in [1.54, 1.807) is 0 Å². The summed E-state index contributed by atoms with van der Waals surface area (Å²) in [7, 11) is 0. The van der Waals surface area contributed by atoms with E-state index in [4.69, 9.17) is 11.5 Å². The molecule has 0 spiro atoms. The maximum Gasteiger partial charge on any atom is 0.0684 e. The van der Waals surface area contributed by atoms with E-state index in [0.29, 0.717) is 5.92 Å². The van der Waals surface area contributed by atoms with Gasteiger partial charge in [0.25, 0.3) is 0 Å². The van der Waals surface area contributed by atoms with Crippen molar-refractivity contribution >= 4 is 0 Å². The summed E-state index contributed by atoms with van der Waals surface area (Å²) in [6.07, 6.45) is 7.08. The summed E-state index contributed by atoms with van der Waals surface area (Å²) >= 11 is 0. The monoisotopic (exact) mass is 169 g/mol. The van der Waals surface area contributed by atoms with Crippen LogP contribution in [0.5, 0.6) is 0 Å². The van der Waals surface area contributed by atoms with E-state index in [1.165, 1.54) is 0 Å². The molecule has 0 aromatic rings. The van der Waals surface area contributed by atoms with Gasteiger partial charge in [-0.3, -0.25) is 0 Å². The fourth-order valence-electron chi connectivity index (χ4n) is 0.987. The van der Waals surface area contributed by atoms with Crippen LogP contribution >= 0.6 is 0 Å². The van der Waals surface area contributed by atoms with Crippen LogP contribution in [0.2, 0.25) is 0 Å². The van der Waals surface area contributed by atoms with Gasteiger partial charge in [-0.1, -0.05) is 19.8 Å². The zero-order valence-corrected chi connectivity index (χ0v) is 8.01. The maximum atomic E-state index is 8.65. The van der Waals surface area contributed by atoms with Crippen molar-refractivity contribution in [3.63, 3.8) is 0 Å². The summed E-state index contributed by atoms with van der Waals surface area (Å²) < 4.78 is 0. The molecule has 0 aliphatic heterocycles. The fourth-order valence-corrected chi connectivity index (χ4v) is 0.987. The molecule has 2 N–H and O–H groups in total. The lowest BCUT2D eigenvalue weighted by Gasteiger charge is -2.14. The zero-order chi connectivity index (χ0) is 9.40. The summed E-state index contributed by atoms with van der Waals surface area (Å²) in [6, 6.07) is 0.186. The van der Waals surface area contributed by atoms with Gasteiger partial charge in [-0.05, 0) is 25.3 Å². The standard InChI is InChI=1S/C10H19NO/c1-4-10(5-2)11-8-9(3)6-7-12/h1,9-12H,5-8H2,2-3H3. The second-order valence-electron chi connectivity index (χ2n) is 3.15. The summed E-state index contributed by atoms with van der Waals surface area (Å²) in [5, 5.41) is 11.9. The molecule has 0 aliphatic rings. The molecule has 0 heterocycles. The Hall–Kier alpha value is -0.520. The first kappa shape index (κ1) is 11.5. The van der Waals surface area contributed by atoms with E-state index in [9.17, 15) is 0 Å². The Morgan fingerprint density at radius 1 is 1.58 bits per heavy atom. The maximum absolute atomic E-state index is 8.65. The van der Waals surface area contributed by atoms with Crippen LogP contribution < -0.4 is 5.32 Å². The van der Waals surface area contributed by atoms with E-state index in [0.717, 1.165) is 19.4 Å². The average Bonchev–Trinajstić information content (AvgIpc) is 2.07. The number of nitrogens with one attached hydrogen (secondary N) is 1. The lowest BCUT2D eigenvalue weighted by molar-refractivity contribution is 0.259. The molecule has 0 aliphatic carbocycles. The van der Waals surface area contributed by atoms with Crippen molar-refractivity contribution < 1.29 is 5.11 Å².